The zero-order chi connectivity index (χ0) is 16.8. The second-order valence-electron chi connectivity index (χ2n) is 6.64. The average Bonchev–Trinajstić information content (AvgIpc) is 2.59. The van der Waals surface area contributed by atoms with Gasteiger partial charge in [-0.3, -0.25) is 0 Å². The molecule has 1 N–H and O–H groups in total. The molecule has 1 fully saturated rings. The summed E-state index contributed by atoms with van der Waals surface area (Å²) in [6.07, 6.45) is 6.30. The summed E-state index contributed by atoms with van der Waals surface area (Å²) in [5, 5.41) is 0. The van der Waals surface area contributed by atoms with E-state index >= 15 is 0 Å². The fourth-order valence-electron chi connectivity index (χ4n) is 2.57. The first-order valence-electron chi connectivity index (χ1n) is 7.78. The Balaban J connectivity index is 2.70. The van der Waals surface area contributed by atoms with Gasteiger partial charge in [-0.25, -0.2) is 4.79 Å². The molecule has 0 aromatic heterocycles. The van der Waals surface area contributed by atoms with Crippen LogP contribution in [0.2, 0.25) is 0 Å². The molecule has 0 aliphatic heterocycles. The van der Waals surface area contributed by atoms with E-state index in [1.54, 1.807) is 4.90 Å². The highest BCUT2D eigenvalue weighted by molar-refractivity contribution is 8.59. The highest BCUT2D eigenvalue weighted by Gasteiger charge is 2.29. The van der Waals surface area contributed by atoms with Crippen molar-refractivity contribution in [1.29, 1.82) is 0 Å². The van der Waals surface area contributed by atoms with Gasteiger partial charge < -0.3 is 19.1 Å². The largest absolute Gasteiger partial charge is 0.444 e. The standard InChI is InChI=1S/C14H28NO4PS2/c1-14(2,3)19-13(16)15(10-11-18-20(17,21)22)12-8-6-4-5-7-9-12/h12H,4-11H2,1-3H3,(H2,17,21,22). The summed E-state index contributed by atoms with van der Waals surface area (Å²) in [6.45, 7) is 6.10. The van der Waals surface area contributed by atoms with E-state index in [2.05, 4.69) is 12.2 Å². The van der Waals surface area contributed by atoms with E-state index in [9.17, 15) is 9.69 Å². The maximum atomic E-state index is 12.5. The average molecular weight is 369 g/mol. The first kappa shape index (κ1) is 20.2. The molecule has 130 valence electrons. The van der Waals surface area contributed by atoms with Crippen LogP contribution in [0.5, 0.6) is 0 Å². The molecule has 8 heteroatoms. The van der Waals surface area contributed by atoms with Crippen LogP contribution in [0.3, 0.4) is 0 Å². The Morgan fingerprint density at radius 2 is 1.86 bits per heavy atom. The molecule has 0 radical (unpaired) electrons. The van der Waals surface area contributed by atoms with Crippen molar-refractivity contribution in [2.75, 3.05) is 13.2 Å². The van der Waals surface area contributed by atoms with Gasteiger partial charge in [0.05, 0.1) is 6.61 Å². The minimum absolute atomic E-state index is 0.164. The van der Waals surface area contributed by atoms with Crippen molar-refractivity contribution in [2.24, 2.45) is 0 Å². The fraction of sp³-hybridized carbons (Fsp3) is 0.929. The summed E-state index contributed by atoms with van der Waals surface area (Å²) < 4.78 is 10.7. The number of hydrogen-bond acceptors (Lipinski definition) is 4. The molecule has 1 saturated carbocycles. The molecule has 0 saturated heterocycles. The van der Waals surface area contributed by atoms with Gasteiger partial charge in [0.2, 0.25) is 5.69 Å². The van der Waals surface area contributed by atoms with E-state index in [1.165, 1.54) is 12.8 Å². The van der Waals surface area contributed by atoms with Crippen molar-refractivity contribution in [3.05, 3.63) is 0 Å². The molecular formula is C14H28NO4PS2. The summed E-state index contributed by atoms with van der Waals surface area (Å²) in [5.41, 5.74) is -3.52. The van der Waals surface area contributed by atoms with Crippen LogP contribution < -0.4 is 0 Å². The number of amides is 1. The van der Waals surface area contributed by atoms with Crippen LogP contribution in [0.4, 0.5) is 4.79 Å². The highest BCUT2D eigenvalue weighted by Crippen LogP contribution is 2.47. The molecule has 22 heavy (non-hydrogen) atoms. The van der Waals surface area contributed by atoms with Gasteiger partial charge in [-0.15, -0.1) is 0 Å². The van der Waals surface area contributed by atoms with Crippen molar-refractivity contribution in [2.45, 2.75) is 70.9 Å². The van der Waals surface area contributed by atoms with Crippen LogP contribution in [0.25, 0.3) is 0 Å². The molecular weight excluding hydrogens is 341 g/mol. The first-order chi connectivity index (χ1) is 10.1. The van der Waals surface area contributed by atoms with Crippen LogP contribution in [0, 0.1) is 0 Å². The van der Waals surface area contributed by atoms with Crippen molar-refractivity contribution in [3.63, 3.8) is 0 Å². The Labute approximate surface area is 144 Å². The van der Waals surface area contributed by atoms with Crippen molar-refractivity contribution in [1.82, 2.24) is 4.90 Å². The van der Waals surface area contributed by atoms with Gasteiger partial charge >= 0.3 is 6.09 Å². The topological polar surface area (TPSA) is 59.0 Å². The second kappa shape index (κ2) is 8.88. The minimum Gasteiger partial charge on any atom is -0.444 e. The van der Waals surface area contributed by atoms with E-state index in [1.807, 2.05) is 20.8 Å². The van der Waals surface area contributed by atoms with E-state index in [4.69, 9.17) is 21.1 Å². The van der Waals surface area contributed by atoms with Crippen LogP contribution in [-0.2, 0) is 21.1 Å². The molecule has 0 bridgehead atoms. The maximum absolute atomic E-state index is 12.5. The molecule has 0 spiro atoms. The lowest BCUT2D eigenvalue weighted by Crippen LogP contribution is -2.44. The monoisotopic (exact) mass is 369 g/mol. The van der Waals surface area contributed by atoms with Gasteiger partial charge in [-0.2, -0.15) is 0 Å². The second-order valence-corrected chi connectivity index (χ2v) is 11.8. The molecule has 0 heterocycles. The van der Waals surface area contributed by atoms with Crippen molar-refractivity contribution in [3.8, 4) is 0 Å². The summed E-state index contributed by atoms with van der Waals surface area (Å²) in [7, 11) is 0. The Bertz CT molecular complexity index is 400. The van der Waals surface area contributed by atoms with Crippen LogP contribution >= 0.6 is 17.9 Å². The number of carbonyl (C=O) groups is 1. The summed E-state index contributed by atoms with van der Waals surface area (Å²) >= 11 is 8.59. The van der Waals surface area contributed by atoms with Gasteiger partial charge in [0, 0.05) is 12.6 Å². The summed E-state index contributed by atoms with van der Waals surface area (Å²) in [6, 6.07) is 0.164. The molecule has 1 aliphatic carbocycles. The predicted molar refractivity (Wildman–Crippen MR) is 95.9 cm³/mol. The number of nitrogens with zero attached hydrogens (tertiary/aromatic N) is 1. The molecule has 1 rings (SSSR count). The number of rotatable bonds is 5. The number of carbonyl (C=O) groups excluding carboxylic acids is 1. The van der Waals surface area contributed by atoms with E-state index in [-0.39, 0.29) is 18.7 Å². The van der Waals surface area contributed by atoms with E-state index < -0.39 is 11.3 Å². The SMILES string of the molecule is CC(C)(C)OC(=O)N(CCOP(O)(=S)S)C1CCCCCC1. The minimum atomic E-state index is -2.99. The van der Waals surface area contributed by atoms with Gasteiger partial charge in [0.1, 0.15) is 5.60 Å². The molecule has 0 aromatic carbocycles. The summed E-state index contributed by atoms with van der Waals surface area (Å²) in [5.74, 6) is 0. The Morgan fingerprint density at radius 1 is 1.32 bits per heavy atom. The first-order valence-corrected chi connectivity index (χ1v) is 11.6. The number of hydrogen-bond donors (Lipinski definition) is 2. The van der Waals surface area contributed by atoms with Gasteiger partial charge in [0.25, 0.3) is 0 Å². The summed E-state index contributed by atoms with van der Waals surface area (Å²) in [4.78, 5) is 23.7. The number of ether oxygens (including phenoxy) is 1. The molecule has 0 aromatic rings. The molecule has 1 unspecified atom stereocenters. The molecule has 1 atom stereocenters. The molecule has 1 aliphatic rings. The van der Waals surface area contributed by atoms with Crippen LogP contribution in [-0.4, -0.2) is 40.7 Å². The van der Waals surface area contributed by atoms with Crippen molar-refractivity contribution < 1.29 is 18.9 Å². The maximum Gasteiger partial charge on any atom is 0.410 e. The van der Waals surface area contributed by atoms with Gasteiger partial charge in [-0.05, 0) is 45.4 Å². The third-order valence-electron chi connectivity index (χ3n) is 3.49. The molecule has 1 amide bonds. The lowest BCUT2D eigenvalue weighted by molar-refractivity contribution is 0.0116. The lowest BCUT2D eigenvalue weighted by Gasteiger charge is -2.33. The van der Waals surface area contributed by atoms with Crippen LogP contribution in [0.1, 0.15) is 59.3 Å². The van der Waals surface area contributed by atoms with Gasteiger partial charge in [0.15, 0.2) is 0 Å². The van der Waals surface area contributed by atoms with Crippen LogP contribution in [0.15, 0.2) is 0 Å². The predicted octanol–water partition coefficient (Wildman–Crippen LogP) is 4.11. The van der Waals surface area contributed by atoms with E-state index in [0.29, 0.717) is 6.54 Å². The Hall–Kier alpha value is 0.190. The zero-order valence-corrected chi connectivity index (χ0v) is 16.3. The third kappa shape index (κ3) is 8.73. The number of thiol groups is 1. The third-order valence-corrected chi connectivity index (χ3v) is 4.67. The van der Waals surface area contributed by atoms with Crippen molar-refractivity contribution >= 4 is 35.8 Å². The molecule has 5 nitrogen and oxygen atoms in total. The Kier molecular flexibility index (Phi) is 8.17. The Morgan fingerprint density at radius 3 is 2.32 bits per heavy atom. The normalized spacial score (nSPS) is 20.0. The van der Waals surface area contributed by atoms with E-state index in [0.717, 1.165) is 25.7 Å². The quantitative estimate of drug-likeness (QED) is 0.434. The highest BCUT2D eigenvalue weighted by atomic mass is 32.9. The zero-order valence-electron chi connectivity index (χ0n) is 13.7. The van der Waals surface area contributed by atoms with Gasteiger partial charge in [-0.1, -0.05) is 37.9 Å². The smallest absolute Gasteiger partial charge is 0.410 e. The lowest BCUT2D eigenvalue weighted by atomic mass is 10.1. The fourth-order valence-corrected chi connectivity index (χ4v) is 3.36.